The van der Waals surface area contributed by atoms with Crippen molar-refractivity contribution in [3.8, 4) is 0 Å². The van der Waals surface area contributed by atoms with Gasteiger partial charge in [0.15, 0.2) is 0 Å². The molecule has 0 amide bonds. The number of ether oxygens (including phenoxy) is 1. The van der Waals surface area contributed by atoms with Crippen molar-refractivity contribution < 1.29 is 34.7 Å². The molecule has 0 unspecified atom stereocenters. The van der Waals surface area contributed by atoms with Gasteiger partial charge in [-0.15, -0.1) is 0 Å². The predicted octanol–water partition coefficient (Wildman–Crippen LogP) is 6.27. The fraction of sp³-hybridized carbons (Fsp3) is 0.788. The van der Waals surface area contributed by atoms with Crippen molar-refractivity contribution in [2.24, 2.45) is 46.3 Å². The SMILES string of the molecule is COC(=O)CC[C@@H](C)[C@H]1CC[C@H]2[C@@H]3[C@H](OS(C)(=O)=O)C[C@@H]4C[C@H](OS(=O)(=O)c5ccc(C)cc5)CC[C@]4(C)[C@H]3CC[C@]12C. The Balaban J connectivity index is 1.37. The molecule has 0 heterocycles. The minimum absolute atomic E-state index is 0.0363. The van der Waals surface area contributed by atoms with E-state index in [-0.39, 0.29) is 33.5 Å². The first-order valence-electron chi connectivity index (χ1n) is 16.0. The Morgan fingerprint density at radius 3 is 2.23 bits per heavy atom. The zero-order valence-electron chi connectivity index (χ0n) is 26.6. The fourth-order valence-electron chi connectivity index (χ4n) is 10.1. The van der Waals surface area contributed by atoms with Gasteiger partial charge in [0.25, 0.3) is 20.2 Å². The van der Waals surface area contributed by atoms with Gasteiger partial charge in [-0.2, -0.15) is 16.8 Å². The fourth-order valence-corrected chi connectivity index (χ4v) is 11.9. The molecule has 0 aliphatic heterocycles. The smallest absolute Gasteiger partial charge is 0.305 e. The Kier molecular flexibility index (Phi) is 9.20. The monoisotopic (exact) mass is 638 g/mol. The molecule has 43 heavy (non-hydrogen) atoms. The predicted molar refractivity (Wildman–Crippen MR) is 164 cm³/mol. The molecule has 10 atom stereocenters. The van der Waals surface area contributed by atoms with Crippen LogP contribution in [0.25, 0.3) is 0 Å². The Morgan fingerprint density at radius 1 is 0.930 bits per heavy atom. The number of methoxy groups -OCH3 is 1. The highest BCUT2D eigenvalue weighted by Gasteiger charge is 2.64. The molecule has 0 bridgehead atoms. The molecule has 4 aliphatic carbocycles. The van der Waals surface area contributed by atoms with E-state index < -0.39 is 32.4 Å². The van der Waals surface area contributed by atoms with E-state index in [9.17, 15) is 21.6 Å². The summed E-state index contributed by atoms with van der Waals surface area (Å²) in [5.74, 6) is 1.54. The van der Waals surface area contributed by atoms with Gasteiger partial charge in [0, 0.05) is 6.42 Å². The highest BCUT2D eigenvalue weighted by molar-refractivity contribution is 7.86. The van der Waals surface area contributed by atoms with Crippen LogP contribution in [0.1, 0.15) is 90.5 Å². The van der Waals surface area contributed by atoms with Crippen molar-refractivity contribution in [1.29, 1.82) is 0 Å². The van der Waals surface area contributed by atoms with Crippen LogP contribution < -0.4 is 0 Å². The molecular formula is C33H50O8S2. The number of carbonyl (C=O) groups excluding carboxylic acids is 1. The summed E-state index contributed by atoms with van der Waals surface area (Å²) in [6.45, 7) is 8.91. The number of carbonyl (C=O) groups is 1. The summed E-state index contributed by atoms with van der Waals surface area (Å²) >= 11 is 0. The summed E-state index contributed by atoms with van der Waals surface area (Å²) in [5.41, 5.74) is 1.00. The number of hydrogen-bond acceptors (Lipinski definition) is 8. The van der Waals surface area contributed by atoms with Gasteiger partial charge in [-0.3, -0.25) is 13.2 Å². The van der Waals surface area contributed by atoms with Crippen LogP contribution in [0.3, 0.4) is 0 Å². The molecule has 1 aromatic rings. The average molecular weight is 639 g/mol. The lowest BCUT2D eigenvalue weighted by Gasteiger charge is -2.63. The van der Waals surface area contributed by atoms with Crippen molar-refractivity contribution >= 4 is 26.2 Å². The molecule has 0 saturated heterocycles. The highest BCUT2D eigenvalue weighted by atomic mass is 32.2. The molecule has 5 rings (SSSR count). The largest absolute Gasteiger partial charge is 0.469 e. The molecule has 0 N–H and O–H groups in total. The standard InChI is InChI=1S/C33H50O8S2/c1-21-7-10-25(11-8-21)43(37,38)40-24-15-17-32(3)23(19-24)20-29(41-42(6,35)36)31-27-13-12-26(22(2)9-14-30(34)39-5)33(27,4)18-16-28(31)32/h7-8,10-11,22-24,26-29,31H,9,12-20H2,1-6H3/t22-,23+,24-,26-,27+,28+,29-,31+,32+,33-/m1/s1. The van der Waals surface area contributed by atoms with Crippen LogP contribution in [0.2, 0.25) is 0 Å². The van der Waals surface area contributed by atoms with Crippen molar-refractivity contribution in [1.82, 2.24) is 0 Å². The number of esters is 1. The number of benzene rings is 1. The zero-order chi connectivity index (χ0) is 31.4. The van der Waals surface area contributed by atoms with Crippen molar-refractivity contribution in [3.05, 3.63) is 29.8 Å². The first kappa shape index (κ1) is 32.9. The molecule has 8 nitrogen and oxygen atoms in total. The summed E-state index contributed by atoms with van der Waals surface area (Å²) in [6.07, 6.45) is 8.34. The Bertz CT molecular complexity index is 1390. The molecule has 242 valence electrons. The second kappa shape index (κ2) is 12.0. The summed E-state index contributed by atoms with van der Waals surface area (Å²) in [5, 5.41) is 0. The maximum Gasteiger partial charge on any atom is 0.305 e. The highest BCUT2D eigenvalue weighted by Crippen LogP contribution is 2.69. The van der Waals surface area contributed by atoms with Crippen molar-refractivity contribution in [2.45, 2.75) is 109 Å². The third-order valence-corrected chi connectivity index (χ3v) is 14.2. The molecule has 0 radical (unpaired) electrons. The average Bonchev–Trinajstić information content (AvgIpc) is 3.28. The lowest BCUT2D eigenvalue weighted by Crippen LogP contribution is -2.59. The number of hydrogen-bond donors (Lipinski definition) is 0. The Morgan fingerprint density at radius 2 is 1.58 bits per heavy atom. The minimum Gasteiger partial charge on any atom is -0.469 e. The molecule has 4 fully saturated rings. The van der Waals surface area contributed by atoms with Gasteiger partial charge in [0.1, 0.15) is 0 Å². The zero-order valence-corrected chi connectivity index (χ0v) is 28.2. The van der Waals surface area contributed by atoms with Crippen LogP contribution in [-0.2, 0) is 38.1 Å². The lowest BCUT2D eigenvalue weighted by atomic mass is 9.43. The van der Waals surface area contributed by atoms with E-state index in [4.69, 9.17) is 13.1 Å². The van der Waals surface area contributed by atoms with Crippen LogP contribution in [0.5, 0.6) is 0 Å². The molecular weight excluding hydrogens is 588 g/mol. The molecule has 1 aromatic carbocycles. The van der Waals surface area contributed by atoms with Gasteiger partial charge in [0.05, 0.1) is 30.5 Å². The first-order chi connectivity index (χ1) is 20.1. The van der Waals surface area contributed by atoms with Gasteiger partial charge < -0.3 is 4.74 Å². The number of aryl methyl sites for hydroxylation is 1. The van der Waals surface area contributed by atoms with Gasteiger partial charge in [-0.1, -0.05) is 38.5 Å². The summed E-state index contributed by atoms with van der Waals surface area (Å²) in [4.78, 5) is 12.0. The van der Waals surface area contributed by atoms with Crippen LogP contribution in [0.4, 0.5) is 0 Å². The lowest BCUT2D eigenvalue weighted by molar-refractivity contribution is -0.165. The molecule has 4 aliphatic rings. The summed E-state index contributed by atoms with van der Waals surface area (Å²) < 4.78 is 68.1. The second-order valence-electron chi connectivity index (χ2n) is 14.6. The number of rotatable bonds is 9. The van der Waals surface area contributed by atoms with E-state index >= 15 is 0 Å². The maximum atomic E-state index is 13.1. The van der Waals surface area contributed by atoms with E-state index in [1.54, 1.807) is 24.3 Å². The normalized spacial score (nSPS) is 38.4. The topological polar surface area (TPSA) is 113 Å². The van der Waals surface area contributed by atoms with Crippen LogP contribution in [0.15, 0.2) is 29.2 Å². The van der Waals surface area contributed by atoms with E-state index in [2.05, 4.69) is 20.8 Å². The van der Waals surface area contributed by atoms with Crippen molar-refractivity contribution in [2.75, 3.05) is 13.4 Å². The quantitative estimate of drug-likeness (QED) is 0.230. The second-order valence-corrected chi connectivity index (χ2v) is 17.8. The molecule has 0 spiro atoms. The summed E-state index contributed by atoms with van der Waals surface area (Å²) in [6, 6.07) is 6.71. The maximum absolute atomic E-state index is 13.1. The molecule has 0 aromatic heterocycles. The van der Waals surface area contributed by atoms with Crippen LogP contribution in [0, 0.1) is 53.3 Å². The minimum atomic E-state index is -3.90. The van der Waals surface area contributed by atoms with E-state index in [0.717, 1.165) is 50.3 Å². The Labute approximate surface area is 258 Å². The van der Waals surface area contributed by atoms with E-state index in [0.29, 0.717) is 49.4 Å². The van der Waals surface area contributed by atoms with Crippen LogP contribution in [-0.4, -0.2) is 48.4 Å². The molecule has 4 saturated carbocycles. The van der Waals surface area contributed by atoms with E-state index in [1.165, 1.54) is 7.11 Å². The van der Waals surface area contributed by atoms with Crippen LogP contribution >= 0.6 is 0 Å². The van der Waals surface area contributed by atoms with Crippen molar-refractivity contribution in [3.63, 3.8) is 0 Å². The molecule has 10 heteroatoms. The third-order valence-electron chi connectivity index (χ3n) is 12.3. The van der Waals surface area contributed by atoms with Gasteiger partial charge in [-0.05, 0) is 123 Å². The third kappa shape index (κ3) is 6.45. The summed E-state index contributed by atoms with van der Waals surface area (Å²) in [7, 11) is -6.16. The van der Waals surface area contributed by atoms with E-state index in [1.807, 2.05) is 6.92 Å². The number of fused-ring (bicyclic) bond motifs is 5. The van der Waals surface area contributed by atoms with Gasteiger partial charge >= 0.3 is 5.97 Å². The van der Waals surface area contributed by atoms with Gasteiger partial charge in [0.2, 0.25) is 0 Å². The Hall–Kier alpha value is -1.49. The first-order valence-corrected chi connectivity index (χ1v) is 19.2. The van der Waals surface area contributed by atoms with Gasteiger partial charge in [-0.25, -0.2) is 0 Å².